The maximum Gasteiger partial charge on any atom is 0.337 e. The number of esters is 1. The lowest BCUT2D eigenvalue weighted by molar-refractivity contribution is 0.0600. The largest absolute Gasteiger partial charge is 0.486 e. The van der Waals surface area contributed by atoms with Crippen molar-refractivity contribution in [3.63, 3.8) is 0 Å². The molecule has 2 rings (SSSR count). The Hall–Kier alpha value is -1.88. The van der Waals surface area contributed by atoms with Crippen molar-refractivity contribution < 1.29 is 14.3 Å². The minimum atomic E-state index is -0.350. The van der Waals surface area contributed by atoms with E-state index in [4.69, 9.17) is 4.74 Å². The SMILES string of the molecule is COC(=O)c1ccc(OCc2nccs2)cc1. The van der Waals surface area contributed by atoms with Gasteiger partial charge in [-0.05, 0) is 24.3 Å². The van der Waals surface area contributed by atoms with E-state index in [0.29, 0.717) is 17.9 Å². The van der Waals surface area contributed by atoms with E-state index in [9.17, 15) is 4.79 Å². The van der Waals surface area contributed by atoms with Gasteiger partial charge in [0, 0.05) is 11.6 Å². The van der Waals surface area contributed by atoms with Crippen LogP contribution in [0.1, 0.15) is 15.4 Å². The molecule has 0 aliphatic rings. The van der Waals surface area contributed by atoms with Crippen molar-refractivity contribution in [1.82, 2.24) is 4.98 Å². The van der Waals surface area contributed by atoms with Crippen LogP contribution in [0.4, 0.5) is 0 Å². The third kappa shape index (κ3) is 3.04. The number of methoxy groups -OCH3 is 1. The summed E-state index contributed by atoms with van der Waals surface area (Å²) in [6.45, 7) is 0.440. The van der Waals surface area contributed by atoms with E-state index in [2.05, 4.69) is 9.72 Å². The predicted octanol–water partition coefficient (Wildman–Crippen LogP) is 2.51. The van der Waals surface area contributed by atoms with Crippen LogP contribution in [0.15, 0.2) is 35.8 Å². The molecule has 17 heavy (non-hydrogen) atoms. The van der Waals surface area contributed by atoms with E-state index in [1.807, 2.05) is 5.38 Å². The Balaban J connectivity index is 1.96. The molecule has 0 radical (unpaired) electrons. The maximum absolute atomic E-state index is 11.2. The monoisotopic (exact) mass is 249 g/mol. The molecule has 1 aromatic heterocycles. The minimum absolute atomic E-state index is 0.350. The quantitative estimate of drug-likeness (QED) is 0.781. The lowest BCUT2D eigenvalue weighted by Crippen LogP contribution is -2.01. The first-order valence-corrected chi connectivity index (χ1v) is 5.87. The van der Waals surface area contributed by atoms with Gasteiger partial charge in [0.15, 0.2) is 0 Å². The van der Waals surface area contributed by atoms with Crippen LogP contribution in [0.25, 0.3) is 0 Å². The molecule has 5 heteroatoms. The highest BCUT2D eigenvalue weighted by atomic mass is 32.1. The number of carbonyl (C=O) groups excluding carboxylic acids is 1. The second-order valence-corrected chi connectivity index (χ2v) is 4.21. The van der Waals surface area contributed by atoms with Gasteiger partial charge >= 0.3 is 5.97 Å². The molecule has 0 bridgehead atoms. The van der Waals surface area contributed by atoms with Crippen molar-refractivity contribution in [2.45, 2.75) is 6.61 Å². The number of hydrogen-bond donors (Lipinski definition) is 0. The van der Waals surface area contributed by atoms with Crippen LogP contribution in [0.2, 0.25) is 0 Å². The van der Waals surface area contributed by atoms with Gasteiger partial charge in [-0.1, -0.05) is 0 Å². The van der Waals surface area contributed by atoms with Crippen LogP contribution < -0.4 is 4.74 Å². The standard InChI is InChI=1S/C12H11NO3S/c1-15-12(14)9-2-4-10(5-3-9)16-8-11-13-6-7-17-11/h2-7H,8H2,1H3. The average Bonchev–Trinajstić information content (AvgIpc) is 2.89. The first-order valence-electron chi connectivity index (χ1n) is 4.99. The van der Waals surface area contributed by atoms with Crippen molar-refractivity contribution in [3.05, 3.63) is 46.4 Å². The Bertz CT molecular complexity index is 479. The molecule has 4 nitrogen and oxygen atoms in total. The Labute approximate surface area is 103 Å². The first-order chi connectivity index (χ1) is 8.29. The summed E-state index contributed by atoms with van der Waals surface area (Å²) in [5, 5.41) is 2.82. The van der Waals surface area contributed by atoms with Crippen LogP contribution >= 0.6 is 11.3 Å². The van der Waals surface area contributed by atoms with Crippen LogP contribution in [0.5, 0.6) is 5.75 Å². The Morgan fingerprint density at radius 3 is 2.71 bits per heavy atom. The molecule has 0 aliphatic carbocycles. The molecule has 0 amide bonds. The summed E-state index contributed by atoms with van der Waals surface area (Å²) in [4.78, 5) is 15.3. The number of aromatic nitrogens is 1. The highest BCUT2D eigenvalue weighted by molar-refractivity contribution is 7.09. The molecule has 2 aromatic rings. The molecule has 0 unspecified atom stereocenters. The summed E-state index contributed by atoms with van der Waals surface area (Å²) < 4.78 is 10.1. The molecular weight excluding hydrogens is 238 g/mol. The third-order valence-electron chi connectivity index (χ3n) is 2.12. The summed E-state index contributed by atoms with van der Waals surface area (Å²) in [5.74, 6) is 0.351. The van der Waals surface area contributed by atoms with Gasteiger partial charge in [0.05, 0.1) is 12.7 Å². The lowest BCUT2D eigenvalue weighted by Gasteiger charge is -2.04. The normalized spacial score (nSPS) is 9.94. The van der Waals surface area contributed by atoms with Gasteiger partial charge in [0.1, 0.15) is 17.4 Å². The second kappa shape index (κ2) is 5.45. The van der Waals surface area contributed by atoms with E-state index in [1.54, 1.807) is 41.8 Å². The van der Waals surface area contributed by atoms with Crippen molar-refractivity contribution >= 4 is 17.3 Å². The number of hydrogen-bond acceptors (Lipinski definition) is 5. The molecule has 88 valence electrons. The first kappa shape index (κ1) is 11.6. The number of benzene rings is 1. The number of thiazole rings is 1. The Kier molecular flexibility index (Phi) is 3.72. The minimum Gasteiger partial charge on any atom is -0.486 e. The zero-order chi connectivity index (χ0) is 12.1. The summed E-state index contributed by atoms with van der Waals surface area (Å²) in [6.07, 6.45) is 1.74. The van der Waals surface area contributed by atoms with Gasteiger partial charge in [-0.3, -0.25) is 0 Å². The van der Waals surface area contributed by atoms with Crippen molar-refractivity contribution in [1.29, 1.82) is 0 Å². The van der Waals surface area contributed by atoms with Gasteiger partial charge in [-0.25, -0.2) is 9.78 Å². The zero-order valence-electron chi connectivity index (χ0n) is 9.25. The Morgan fingerprint density at radius 1 is 1.35 bits per heavy atom. The smallest absolute Gasteiger partial charge is 0.337 e. The van der Waals surface area contributed by atoms with Gasteiger partial charge in [-0.15, -0.1) is 11.3 Å². The summed E-state index contributed by atoms with van der Waals surface area (Å²) >= 11 is 1.54. The summed E-state index contributed by atoms with van der Waals surface area (Å²) in [6, 6.07) is 6.81. The molecular formula is C12H11NO3S. The van der Waals surface area contributed by atoms with E-state index >= 15 is 0 Å². The van der Waals surface area contributed by atoms with Crippen LogP contribution in [0, 0.1) is 0 Å². The van der Waals surface area contributed by atoms with Gasteiger partial charge in [-0.2, -0.15) is 0 Å². The van der Waals surface area contributed by atoms with Gasteiger partial charge in [0.25, 0.3) is 0 Å². The van der Waals surface area contributed by atoms with Crippen molar-refractivity contribution in [3.8, 4) is 5.75 Å². The Morgan fingerprint density at radius 2 is 2.12 bits per heavy atom. The number of rotatable bonds is 4. The number of nitrogens with zero attached hydrogens (tertiary/aromatic N) is 1. The average molecular weight is 249 g/mol. The molecule has 0 spiro atoms. The van der Waals surface area contributed by atoms with E-state index in [1.165, 1.54) is 7.11 Å². The van der Waals surface area contributed by atoms with E-state index < -0.39 is 0 Å². The molecule has 0 N–H and O–H groups in total. The molecule has 0 aliphatic heterocycles. The maximum atomic E-state index is 11.2. The molecule has 0 saturated heterocycles. The molecule has 0 fully saturated rings. The highest BCUT2D eigenvalue weighted by Gasteiger charge is 2.04. The van der Waals surface area contributed by atoms with Crippen LogP contribution in [0.3, 0.4) is 0 Å². The van der Waals surface area contributed by atoms with E-state index in [-0.39, 0.29) is 5.97 Å². The fourth-order valence-corrected chi connectivity index (χ4v) is 1.80. The van der Waals surface area contributed by atoms with Crippen LogP contribution in [-0.2, 0) is 11.3 Å². The molecule has 0 atom stereocenters. The lowest BCUT2D eigenvalue weighted by atomic mass is 10.2. The topological polar surface area (TPSA) is 48.4 Å². The highest BCUT2D eigenvalue weighted by Crippen LogP contribution is 2.15. The summed E-state index contributed by atoms with van der Waals surface area (Å²) in [7, 11) is 1.36. The third-order valence-corrected chi connectivity index (χ3v) is 2.87. The van der Waals surface area contributed by atoms with Crippen molar-refractivity contribution in [2.75, 3.05) is 7.11 Å². The fraction of sp³-hybridized carbons (Fsp3) is 0.167. The van der Waals surface area contributed by atoms with Crippen LogP contribution in [-0.4, -0.2) is 18.1 Å². The molecule has 1 heterocycles. The zero-order valence-corrected chi connectivity index (χ0v) is 10.1. The van der Waals surface area contributed by atoms with E-state index in [0.717, 1.165) is 5.01 Å². The molecule has 1 aromatic carbocycles. The van der Waals surface area contributed by atoms with Gasteiger partial charge in [0.2, 0.25) is 0 Å². The van der Waals surface area contributed by atoms with Crippen molar-refractivity contribution in [2.24, 2.45) is 0 Å². The molecule has 0 saturated carbocycles. The predicted molar refractivity (Wildman–Crippen MR) is 64.2 cm³/mol. The second-order valence-electron chi connectivity index (χ2n) is 3.23. The fourth-order valence-electron chi connectivity index (χ4n) is 1.27. The van der Waals surface area contributed by atoms with Gasteiger partial charge < -0.3 is 9.47 Å². The number of carbonyl (C=O) groups is 1. The summed E-state index contributed by atoms with van der Waals surface area (Å²) in [5.41, 5.74) is 0.508. The number of ether oxygens (including phenoxy) is 2.